The van der Waals surface area contributed by atoms with Gasteiger partial charge >= 0.3 is 0 Å². The van der Waals surface area contributed by atoms with E-state index in [1.54, 1.807) is 0 Å². The third kappa shape index (κ3) is 2.73. The Morgan fingerprint density at radius 3 is 1.90 bits per heavy atom. The monoisotopic (exact) mass is 382 g/mol. The van der Waals surface area contributed by atoms with Gasteiger partial charge in [-0.15, -0.1) is 0 Å². The van der Waals surface area contributed by atoms with Crippen molar-refractivity contribution in [2.45, 2.75) is 0 Å². The van der Waals surface area contributed by atoms with Crippen LogP contribution >= 0.6 is 0 Å². The average molecular weight is 382 g/mol. The second-order valence-corrected chi connectivity index (χ2v) is 7.52. The van der Waals surface area contributed by atoms with Crippen LogP contribution < -0.4 is 0 Å². The number of aromatic nitrogens is 2. The van der Waals surface area contributed by atoms with Crippen molar-refractivity contribution in [2.24, 2.45) is 0 Å². The molecule has 0 unspecified atom stereocenters. The van der Waals surface area contributed by atoms with Crippen molar-refractivity contribution in [3.05, 3.63) is 109 Å². The Labute approximate surface area is 174 Å². The summed E-state index contributed by atoms with van der Waals surface area (Å²) in [6, 6.07) is 35.9. The molecule has 4 aromatic carbocycles. The van der Waals surface area contributed by atoms with Crippen molar-refractivity contribution in [3.63, 3.8) is 0 Å². The number of para-hydroxylation sites is 2. The fraction of sp³-hybridized carbons (Fsp3) is 0. The van der Waals surface area contributed by atoms with E-state index in [1.165, 1.54) is 27.3 Å². The molecule has 140 valence electrons. The Kier molecular flexibility index (Phi) is 3.82. The molecule has 0 spiro atoms. The first-order chi connectivity index (χ1) is 14.9. The van der Waals surface area contributed by atoms with Crippen LogP contribution in [0.2, 0.25) is 0 Å². The summed E-state index contributed by atoms with van der Waals surface area (Å²) in [7, 11) is 0. The fourth-order valence-electron chi connectivity index (χ4n) is 4.23. The van der Waals surface area contributed by atoms with E-state index >= 15 is 0 Å². The normalized spacial score (nSPS) is 11.3. The second kappa shape index (κ2) is 6.78. The van der Waals surface area contributed by atoms with Crippen LogP contribution in [0.3, 0.4) is 0 Å². The molecule has 2 aromatic heterocycles. The van der Waals surface area contributed by atoms with Gasteiger partial charge < -0.3 is 0 Å². The van der Waals surface area contributed by atoms with E-state index in [9.17, 15) is 0 Å². The lowest BCUT2D eigenvalue weighted by atomic mass is 9.94. The molecule has 0 bridgehead atoms. The molecule has 0 aliphatic rings. The summed E-state index contributed by atoms with van der Waals surface area (Å²) in [5, 5.41) is 4.69. The standard InChI is InChI=1S/C28H18N2/c1-2-9-22-18-29-27(17-19(22)8-1)20-10-7-11-21(16-20)28-23-12-3-5-14-25(23)30-26-15-6-4-13-24(26)28/h1-18H. The van der Waals surface area contributed by atoms with E-state index in [4.69, 9.17) is 9.97 Å². The maximum absolute atomic E-state index is 4.87. The maximum Gasteiger partial charge on any atom is 0.0715 e. The highest BCUT2D eigenvalue weighted by Gasteiger charge is 2.12. The van der Waals surface area contributed by atoms with E-state index in [-0.39, 0.29) is 0 Å². The molecule has 0 fully saturated rings. The SMILES string of the molecule is c1cc(-c2cc3ccccc3cn2)cc(-c2c3ccccc3nc3ccccc23)c1. The topological polar surface area (TPSA) is 25.8 Å². The molecule has 2 heteroatoms. The van der Waals surface area contributed by atoms with Gasteiger partial charge in [-0.25, -0.2) is 4.98 Å². The molecule has 0 N–H and O–H groups in total. The second-order valence-electron chi connectivity index (χ2n) is 7.52. The zero-order valence-corrected chi connectivity index (χ0v) is 16.3. The Morgan fingerprint density at radius 2 is 1.13 bits per heavy atom. The highest BCUT2D eigenvalue weighted by molar-refractivity contribution is 6.09. The predicted octanol–water partition coefficient (Wildman–Crippen LogP) is 7.27. The van der Waals surface area contributed by atoms with Crippen molar-refractivity contribution in [1.82, 2.24) is 9.97 Å². The van der Waals surface area contributed by atoms with Gasteiger partial charge in [-0.1, -0.05) is 78.9 Å². The van der Waals surface area contributed by atoms with Gasteiger partial charge in [0.2, 0.25) is 0 Å². The van der Waals surface area contributed by atoms with Gasteiger partial charge in [0, 0.05) is 33.5 Å². The van der Waals surface area contributed by atoms with Gasteiger partial charge in [0.15, 0.2) is 0 Å². The Bertz CT molecular complexity index is 1500. The number of benzene rings is 4. The largest absolute Gasteiger partial charge is 0.256 e. The van der Waals surface area contributed by atoms with E-state index in [0.29, 0.717) is 0 Å². The lowest BCUT2D eigenvalue weighted by Gasteiger charge is -2.12. The van der Waals surface area contributed by atoms with Crippen LogP contribution in [0.1, 0.15) is 0 Å². The summed E-state index contributed by atoms with van der Waals surface area (Å²) in [4.78, 5) is 9.59. The highest BCUT2D eigenvalue weighted by Crippen LogP contribution is 2.36. The third-order valence-corrected chi connectivity index (χ3v) is 5.67. The first-order valence-corrected chi connectivity index (χ1v) is 10.1. The molecule has 0 aliphatic heterocycles. The van der Waals surface area contributed by atoms with Crippen molar-refractivity contribution in [2.75, 3.05) is 0 Å². The molecular formula is C28H18N2. The molecule has 0 radical (unpaired) electrons. The van der Waals surface area contributed by atoms with Gasteiger partial charge in [-0.2, -0.15) is 0 Å². The molecule has 2 heterocycles. The van der Waals surface area contributed by atoms with Crippen molar-refractivity contribution in [3.8, 4) is 22.4 Å². The number of fused-ring (bicyclic) bond motifs is 3. The van der Waals surface area contributed by atoms with Gasteiger partial charge in [0.1, 0.15) is 0 Å². The van der Waals surface area contributed by atoms with Gasteiger partial charge in [0.25, 0.3) is 0 Å². The van der Waals surface area contributed by atoms with Crippen LogP contribution in [0.4, 0.5) is 0 Å². The van der Waals surface area contributed by atoms with Crippen LogP contribution in [-0.2, 0) is 0 Å². The van der Waals surface area contributed by atoms with Crippen LogP contribution in [0, 0.1) is 0 Å². The lowest BCUT2D eigenvalue weighted by molar-refractivity contribution is 1.36. The molecule has 2 nitrogen and oxygen atoms in total. The molecule has 0 saturated heterocycles. The van der Waals surface area contributed by atoms with Gasteiger partial charge in [0.05, 0.1) is 16.7 Å². The smallest absolute Gasteiger partial charge is 0.0715 e. The lowest BCUT2D eigenvalue weighted by Crippen LogP contribution is -1.90. The quantitative estimate of drug-likeness (QED) is 0.294. The average Bonchev–Trinajstić information content (AvgIpc) is 2.82. The Balaban J connectivity index is 1.61. The number of nitrogens with zero attached hydrogens (tertiary/aromatic N) is 2. The third-order valence-electron chi connectivity index (χ3n) is 5.67. The summed E-state index contributed by atoms with van der Waals surface area (Å²) in [6.07, 6.45) is 1.95. The molecule has 6 aromatic rings. The number of rotatable bonds is 2. The molecule has 0 aliphatic carbocycles. The van der Waals surface area contributed by atoms with Crippen LogP contribution in [0.15, 0.2) is 109 Å². The van der Waals surface area contributed by atoms with E-state index < -0.39 is 0 Å². The zero-order valence-electron chi connectivity index (χ0n) is 16.3. The fourth-order valence-corrected chi connectivity index (χ4v) is 4.23. The number of hydrogen-bond donors (Lipinski definition) is 0. The first-order valence-electron chi connectivity index (χ1n) is 10.1. The van der Waals surface area contributed by atoms with Crippen LogP contribution in [-0.4, -0.2) is 9.97 Å². The summed E-state index contributed by atoms with van der Waals surface area (Å²) in [6.45, 7) is 0. The van der Waals surface area contributed by atoms with Crippen LogP contribution in [0.5, 0.6) is 0 Å². The minimum absolute atomic E-state index is 0.984. The van der Waals surface area contributed by atoms with Gasteiger partial charge in [-0.05, 0) is 35.2 Å². The molecule has 30 heavy (non-hydrogen) atoms. The summed E-state index contributed by atoms with van der Waals surface area (Å²) < 4.78 is 0. The molecule has 0 saturated carbocycles. The minimum Gasteiger partial charge on any atom is -0.256 e. The Morgan fingerprint density at radius 1 is 0.500 bits per heavy atom. The molecule has 0 atom stereocenters. The van der Waals surface area contributed by atoms with E-state index in [0.717, 1.165) is 27.7 Å². The summed E-state index contributed by atoms with van der Waals surface area (Å²) >= 11 is 0. The summed E-state index contributed by atoms with van der Waals surface area (Å²) in [5.41, 5.74) is 6.53. The molecular weight excluding hydrogens is 364 g/mol. The molecule has 6 rings (SSSR count). The molecule has 0 amide bonds. The van der Waals surface area contributed by atoms with Gasteiger partial charge in [-0.3, -0.25) is 4.98 Å². The van der Waals surface area contributed by atoms with E-state index in [1.807, 2.05) is 24.4 Å². The minimum atomic E-state index is 0.984. The summed E-state index contributed by atoms with van der Waals surface area (Å²) in [5.74, 6) is 0. The van der Waals surface area contributed by atoms with Crippen molar-refractivity contribution >= 4 is 32.6 Å². The van der Waals surface area contributed by atoms with E-state index in [2.05, 4.69) is 84.9 Å². The number of hydrogen-bond acceptors (Lipinski definition) is 2. The van der Waals surface area contributed by atoms with Crippen LogP contribution in [0.25, 0.3) is 55.0 Å². The maximum atomic E-state index is 4.87. The zero-order chi connectivity index (χ0) is 19.9. The highest BCUT2D eigenvalue weighted by atomic mass is 14.7. The Hall–Kier alpha value is -4.04. The van der Waals surface area contributed by atoms with Crippen molar-refractivity contribution < 1.29 is 0 Å². The predicted molar refractivity (Wildman–Crippen MR) is 125 cm³/mol. The van der Waals surface area contributed by atoms with Crippen molar-refractivity contribution in [1.29, 1.82) is 0 Å². The first kappa shape index (κ1) is 16.9. The number of pyridine rings is 2.